The predicted molar refractivity (Wildman–Crippen MR) is 75.2 cm³/mol. The first-order valence-corrected chi connectivity index (χ1v) is 7.46. The summed E-state index contributed by atoms with van der Waals surface area (Å²) in [4.78, 5) is 10.8. The first kappa shape index (κ1) is 14.2. The Bertz CT molecular complexity index is 416. The lowest BCUT2D eigenvalue weighted by Crippen LogP contribution is -2.18. The Labute approximate surface area is 117 Å². The van der Waals surface area contributed by atoms with Crippen molar-refractivity contribution in [1.82, 2.24) is 0 Å². The summed E-state index contributed by atoms with van der Waals surface area (Å²) in [5.41, 5.74) is 0.259. The lowest BCUT2D eigenvalue weighted by molar-refractivity contribution is 0.0696. The SMILES string of the molecule is O=C(O)c1cccc(OCCSC2CCOCC2)c1. The molecule has 2 rings (SSSR count). The van der Waals surface area contributed by atoms with Gasteiger partial charge in [0, 0.05) is 24.2 Å². The molecule has 1 aliphatic rings. The topological polar surface area (TPSA) is 55.8 Å². The molecular formula is C14H18O4S. The molecule has 0 atom stereocenters. The normalized spacial score (nSPS) is 16.2. The molecular weight excluding hydrogens is 264 g/mol. The molecule has 1 N–H and O–H groups in total. The minimum Gasteiger partial charge on any atom is -0.493 e. The highest BCUT2D eigenvalue weighted by atomic mass is 32.2. The van der Waals surface area contributed by atoms with Crippen molar-refractivity contribution in [3.63, 3.8) is 0 Å². The second-order valence-electron chi connectivity index (χ2n) is 4.36. The van der Waals surface area contributed by atoms with Crippen molar-refractivity contribution in [3.8, 4) is 5.75 Å². The van der Waals surface area contributed by atoms with Crippen molar-refractivity contribution in [1.29, 1.82) is 0 Å². The van der Waals surface area contributed by atoms with Crippen LogP contribution in [0.25, 0.3) is 0 Å². The Morgan fingerprint density at radius 1 is 1.42 bits per heavy atom. The van der Waals surface area contributed by atoms with Crippen LogP contribution < -0.4 is 4.74 Å². The second kappa shape index (κ2) is 7.40. The molecule has 1 aliphatic heterocycles. The van der Waals surface area contributed by atoms with Gasteiger partial charge in [0.2, 0.25) is 0 Å². The number of carboxylic acids is 1. The van der Waals surface area contributed by atoms with Crippen molar-refractivity contribution >= 4 is 17.7 Å². The fourth-order valence-electron chi connectivity index (χ4n) is 1.94. The largest absolute Gasteiger partial charge is 0.493 e. The van der Waals surface area contributed by atoms with Crippen LogP contribution in [0.1, 0.15) is 23.2 Å². The van der Waals surface area contributed by atoms with Crippen LogP contribution in [0.4, 0.5) is 0 Å². The zero-order valence-electron chi connectivity index (χ0n) is 10.7. The first-order valence-electron chi connectivity index (χ1n) is 6.41. The van der Waals surface area contributed by atoms with Crippen molar-refractivity contribution < 1.29 is 19.4 Å². The summed E-state index contributed by atoms with van der Waals surface area (Å²) in [5, 5.41) is 9.55. The Balaban J connectivity index is 1.70. The number of carboxylic acid groups (broad SMARTS) is 1. The second-order valence-corrected chi connectivity index (χ2v) is 5.77. The maximum Gasteiger partial charge on any atom is 0.335 e. The lowest BCUT2D eigenvalue weighted by atomic mass is 10.2. The molecule has 19 heavy (non-hydrogen) atoms. The van der Waals surface area contributed by atoms with Gasteiger partial charge in [-0.2, -0.15) is 11.8 Å². The highest BCUT2D eigenvalue weighted by Crippen LogP contribution is 2.22. The molecule has 0 amide bonds. The van der Waals surface area contributed by atoms with E-state index in [-0.39, 0.29) is 5.56 Å². The molecule has 4 nitrogen and oxygen atoms in total. The maximum absolute atomic E-state index is 10.8. The molecule has 1 heterocycles. The maximum atomic E-state index is 10.8. The Hall–Kier alpha value is -1.20. The number of rotatable bonds is 6. The monoisotopic (exact) mass is 282 g/mol. The summed E-state index contributed by atoms with van der Waals surface area (Å²) < 4.78 is 10.9. The van der Waals surface area contributed by atoms with Crippen LogP contribution in [0.2, 0.25) is 0 Å². The predicted octanol–water partition coefficient (Wildman–Crippen LogP) is 2.68. The molecule has 0 radical (unpaired) electrons. The van der Waals surface area contributed by atoms with E-state index >= 15 is 0 Å². The van der Waals surface area contributed by atoms with Gasteiger partial charge in [0.15, 0.2) is 0 Å². The van der Waals surface area contributed by atoms with Gasteiger partial charge in [-0.15, -0.1) is 0 Å². The molecule has 1 aromatic rings. The van der Waals surface area contributed by atoms with E-state index in [0.717, 1.165) is 31.8 Å². The van der Waals surface area contributed by atoms with Crippen LogP contribution in [0.5, 0.6) is 5.75 Å². The van der Waals surface area contributed by atoms with E-state index in [1.54, 1.807) is 24.3 Å². The fourth-order valence-corrected chi connectivity index (χ4v) is 2.97. The number of aromatic carboxylic acids is 1. The van der Waals surface area contributed by atoms with Crippen LogP contribution in [-0.2, 0) is 4.74 Å². The van der Waals surface area contributed by atoms with Gasteiger partial charge in [0.25, 0.3) is 0 Å². The van der Waals surface area contributed by atoms with E-state index in [9.17, 15) is 4.79 Å². The molecule has 1 fully saturated rings. The highest BCUT2D eigenvalue weighted by Gasteiger charge is 2.13. The van der Waals surface area contributed by atoms with Gasteiger partial charge in [0.1, 0.15) is 5.75 Å². The van der Waals surface area contributed by atoms with E-state index in [4.69, 9.17) is 14.6 Å². The van der Waals surface area contributed by atoms with Crippen molar-refractivity contribution in [2.45, 2.75) is 18.1 Å². The minimum atomic E-state index is -0.929. The van der Waals surface area contributed by atoms with Crippen LogP contribution in [0, 0.1) is 0 Å². The summed E-state index contributed by atoms with van der Waals surface area (Å²) in [5.74, 6) is 0.608. The molecule has 1 saturated heterocycles. The molecule has 0 aliphatic carbocycles. The summed E-state index contributed by atoms with van der Waals surface area (Å²) in [6, 6.07) is 6.60. The summed E-state index contributed by atoms with van der Waals surface area (Å²) in [6.07, 6.45) is 2.22. The Morgan fingerprint density at radius 2 is 2.21 bits per heavy atom. The molecule has 5 heteroatoms. The quantitative estimate of drug-likeness (QED) is 0.813. The number of thioether (sulfide) groups is 1. The average molecular weight is 282 g/mol. The summed E-state index contributed by atoms with van der Waals surface area (Å²) in [6.45, 7) is 2.32. The van der Waals surface area contributed by atoms with Crippen molar-refractivity contribution in [3.05, 3.63) is 29.8 Å². The highest BCUT2D eigenvalue weighted by molar-refractivity contribution is 7.99. The lowest BCUT2D eigenvalue weighted by Gasteiger charge is -2.21. The van der Waals surface area contributed by atoms with Crippen LogP contribution >= 0.6 is 11.8 Å². The third-order valence-electron chi connectivity index (χ3n) is 2.95. The van der Waals surface area contributed by atoms with E-state index in [1.807, 2.05) is 11.8 Å². The molecule has 1 aromatic carbocycles. The van der Waals surface area contributed by atoms with Crippen molar-refractivity contribution in [2.24, 2.45) is 0 Å². The molecule has 0 aromatic heterocycles. The molecule has 104 valence electrons. The summed E-state index contributed by atoms with van der Waals surface area (Å²) in [7, 11) is 0. The van der Waals surface area contributed by atoms with Crippen LogP contribution in [0.3, 0.4) is 0 Å². The van der Waals surface area contributed by atoms with Gasteiger partial charge in [-0.3, -0.25) is 0 Å². The van der Waals surface area contributed by atoms with Gasteiger partial charge in [-0.25, -0.2) is 4.79 Å². The van der Waals surface area contributed by atoms with E-state index in [2.05, 4.69) is 0 Å². The molecule has 0 bridgehead atoms. The smallest absolute Gasteiger partial charge is 0.335 e. The van der Waals surface area contributed by atoms with Gasteiger partial charge in [0.05, 0.1) is 12.2 Å². The molecule has 0 saturated carbocycles. The van der Waals surface area contributed by atoms with Gasteiger partial charge >= 0.3 is 5.97 Å². The Morgan fingerprint density at radius 3 is 2.95 bits per heavy atom. The first-order chi connectivity index (χ1) is 9.25. The number of hydrogen-bond acceptors (Lipinski definition) is 4. The standard InChI is InChI=1S/C14H18O4S/c15-14(16)11-2-1-3-12(10-11)18-8-9-19-13-4-6-17-7-5-13/h1-3,10,13H,4-9H2,(H,15,16). The Kier molecular flexibility index (Phi) is 5.54. The number of ether oxygens (including phenoxy) is 2. The average Bonchev–Trinajstić information content (AvgIpc) is 2.45. The number of hydrogen-bond donors (Lipinski definition) is 1. The van der Waals surface area contributed by atoms with E-state index in [1.165, 1.54) is 0 Å². The van der Waals surface area contributed by atoms with Crippen molar-refractivity contribution in [2.75, 3.05) is 25.6 Å². The van der Waals surface area contributed by atoms with E-state index < -0.39 is 5.97 Å². The van der Waals surface area contributed by atoms with Crippen LogP contribution in [0.15, 0.2) is 24.3 Å². The van der Waals surface area contributed by atoms with Gasteiger partial charge < -0.3 is 14.6 Å². The van der Waals surface area contributed by atoms with Gasteiger partial charge in [-0.1, -0.05) is 6.07 Å². The zero-order valence-corrected chi connectivity index (χ0v) is 11.5. The van der Waals surface area contributed by atoms with Gasteiger partial charge in [-0.05, 0) is 31.0 Å². The number of carbonyl (C=O) groups is 1. The fraction of sp³-hybridized carbons (Fsp3) is 0.500. The van der Waals surface area contributed by atoms with E-state index in [0.29, 0.717) is 17.6 Å². The molecule has 0 unspecified atom stereocenters. The van der Waals surface area contributed by atoms with Crippen LogP contribution in [-0.4, -0.2) is 41.9 Å². The number of benzene rings is 1. The third kappa shape index (κ3) is 4.76. The summed E-state index contributed by atoms with van der Waals surface area (Å²) >= 11 is 1.91. The minimum absolute atomic E-state index is 0.259. The molecule has 0 spiro atoms. The third-order valence-corrected chi connectivity index (χ3v) is 4.30. The zero-order chi connectivity index (χ0) is 13.5.